The number of nitro benzene ring substituents is 1. The fourth-order valence-electron chi connectivity index (χ4n) is 3.73. The smallest absolute Gasteiger partial charge is 0.278 e. The molecule has 2 heterocycles. The summed E-state index contributed by atoms with van der Waals surface area (Å²) in [5, 5.41) is 12.4. The lowest BCUT2D eigenvalue weighted by Crippen LogP contribution is -2.40. The highest BCUT2D eigenvalue weighted by molar-refractivity contribution is 6.04. The lowest BCUT2D eigenvalue weighted by Gasteiger charge is -2.27. The standard InChI is InChI=1S/C20H17FN4O3/c1-23(16-6-7-17(25(27)28)14-12-22-10-8-13(14)16)19-9-11-24(20(19)26)18-5-3-2-4-15(18)21/h2-8,10,12,19H,9,11H2,1H3. The van der Waals surface area contributed by atoms with Crippen molar-refractivity contribution in [2.24, 2.45) is 0 Å². The van der Waals surface area contributed by atoms with Gasteiger partial charge in [-0.25, -0.2) is 4.39 Å². The van der Waals surface area contributed by atoms with E-state index in [1.807, 2.05) is 0 Å². The van der Waals surface area contributed by atoms with E-state index in [0.717, 1.165) is 0 Å². The first-order valence-electron chi connectivity index (χ1n) is 8.79. The molecular weight excluding hydrogens is 363 g/mol. The third-order valence-corrected chi connectivity index (χ3v) is 5.14. The number of para-hydroxylation sites is 1. The predicted molar refractivity (Wildman–Crippen MR) is 104 cm³/mol. The van der Waals surface area contributed by atoms with Gasteiger partial charge < -0.3 is 9.80 Å². The van der Waals surface area contributed by atoms with Gasteiger partial charge in [-0.05, 0) is 30.7 Å². The van der Waals surface area contributed by atoms with Crippen molar-refractivity contribution in [3.63, 3.8) is 0 Å². The van der Waals surface area contributed by atoms with Gasteiger partial charge in [-0.15, -0.1) is 0 Å². The van der Waals surface area contributed by atoms with E-state index in [2.05, 4.69) is 4.98 Å². The topological polar surface area (TPSA) is 79.6 Å². The van der Waals surface area contributed by atoms with Crippen LogP contribution in [0.25, 0.3) is 10.8 Å². The zero-order chi connectivity index (χ0) is 19.8. The van der Waals surface area contributed by atoms with E-state index >= 15 is 0 Å². The highest BCUT2D eigenvalue weighted by atomic mass is 19.1. The second-order valence-electron chi connectivity index (χ2n) is 6.64. The molecule has 142 valence electrons. The summed E-state index contributed by atoms with van der Waals surface area (Å²) in [6.07, 6.45) is 3.53. The van der Waals surface area contributed by atoms with Crippen LogP contribution in [0.3, 0.4) is 0 Å². The van der Waals surface area contributed by atoms with Gasteiger partial charge in [0.15, 0.2) is 0 Å². The normalized spacial score (nSPS) is 16.6. The Hall–Kier alpha value is -3.55. The number of nitrogens with zero attached hydrogens (tertiary/aromatic N) is 4. The Morgan fingerprint density at radius 3 is 2.75 bits per heavy atom. The summed E-state index contributed by atoms with van der Waals surface area (Å²) in [7, 11) is 1.77. The molecule has 0 bridgehead atoms. The molecule has 8 heteroatoms. The minimum absolute atomic E-state index is 0.0361. The second-order valence-corrected chi connectivity index (χ2v) is 6.64. The van der Waals surface area contributed by atoms with E-state index in [1.165, 1.54) is 23.2 Å². The van der Waals surface area contributed by atoms with Gasteiger partial charge >= 0.3 is 0 Å². The first-order chi connectivity index (χ1) is 13.5. The van der Waals surface area contributed by atoms with Crippen molar-refractivity contribution in [3.8, 4) is 0 Å². The number of carbonyl (C=O) groups is 1. The molecule has 1 unspecified atom stereocenters. The number of pyridine rings is 1. The number of hydrogen-bond donors (Lipinski definition) is 0. The summed E-state index contributed by atoms with van der Waals surface area (Å²) in [6.45, 7) is 0.404. The zero-order valence-corrected chi connectivity index (χ0v) is 15.1. The lowest BCUT2D eigenvalue weighted by atomic mass is 10.1. The van der Waals surface area contributed by atoms with E-state index in [9.17, 15) is 19.3 Å². The lowest BCUT2D eigenvalue weighted by molar-refractivity contribution is -0.383. The quantitative estimate of drug-likeness (QED) is 0.511. The molecule has 1 amide bonds. The van der Waals surface area contributed by atoms with E-state index in [4.69, 9.17) is 0 Å². The van der Waals surface area contributed by atoms with Gasteiger partial charge in [-0.2, -0.15) is 0 Å². The molecule has 1 saturated heterocycles. The molecule has 1 aliphatic heterocycles. The number of non-ortho nitro benzene ring substituents is 1. The van der Waals surface area contributed by atoms with Gasteiger partial charge in [-0.3, -0.25) is 19.9 Å². The molecule has 1 fully saturated rings. The Bertz CT molecular complexity index is 1090. The highest BCUT2D eigenvalue weighted by Gasteiger charge is 2.37. The molecule has 2 aromatic carbocycles. The minimum atomic E-state index is -0.488. The summed E-state index contributed by atoms with van der Waals surface area (Å²) >= 11 is 0. The van der Waals surface area contributed by atoms with Crippen LogP contribution in [0.2, 0.25) is 0 Å². The van der Waals surface area contributed by atoms with Gasteiger partial charge in [-0.1, -0.05) is 12.1 Å². The summed E-state index contributed by atoms with van der Waals surface area (Å²) in [5.74, 6) is -0.640. The number of nitro groups is 1. The fourth-order valence-corrected chi connectivity index (χ4v) is 3.73. The molecule has 0 saturated carbocycles. The van der Waals surface area contributed by atoms with Crippen LogP contribution in [-0.2, 0) is 4.79 Å². The largest absolute Gasteiger partial charge is 0.362 e. The van der Waals surface area contributed by atoms with Crippen molar-refractivity contribution in [1.82, 2.24) is 4.98 Å². The van der Waals surface area contributed by atoms with Crippen molar-refractivity contribution in [2.45, 2.75) is 12.5 Å². The van der Waals surface area contributed by atoms with Crippen molar-refractivity contribution in [2.75, 3.05) is 23.4 Å². The fraction of sp³-hybridized carbons (Fsp3) is 0.200. The van der Waals surface area contributed by atoms with Crippen LogP contribution in [0, 0.1) is 15.9 Å². The van der Waals surface area contributed by atoms with Crippen molar-refractivity contribution in [3.05, 3.63) is 70.8 Å². The predicted octanol–water partition coefficient (Wildman–Crippen LogP) is 3.52. The maximum atomic E-state index is 14.1. The molecule has 7 nitrogen and oxygen atoms in total. The average molecular weight is 380 g/mol. The Labute approximate surface area is 160 Å². The molecule has 3 aromatic rings. The summed E-state index contributed by atoms with van der Waals surface area (Å²) < 4.78 is 14.1. The van der Waals surface area contributed by atoms with Crippen LogP contribution in [0.4, 0.5) is 21.5 Å². The number of fused-ring (bicyclic) bond motifs is 1. The third kappa shape index (κ3) is 2.83. The first-order valence-corrected chi connectivity index (χ1v) is 8.79. The maximum absolute atomic E-state index is 14.1. The molecular formula is C20H17FN4O3. The Kier molecular flexibility index (Phi) is 4.38. The van der Waals surface area contributed by atoms with Crippen LogP contribution < -0.4 is 9.80 Å². The van der Waals surface area contributed by atoms with Gasteiger partial charge in [0, 0.05) is 43.1 Å². The number of benzene rings is 2. The number of anilines is 2. The molecule has 1 aromatic heterocycles. The van der Waals surface area contributed by atoms with Gasteiger partial charge in [0.05, 0.1) is 16.0 Å². The number of carbonyl (C=O) groups excluding carboxylic acids is 1. The molecule has 28 heavy (non-hydrogen) atoms. The van der Waals surface area contributed by atoms with Crippen molar-refractivity contribution >= 4 is 33.7 Å². The van der Waals surface area contributed by atoms with Crippen LogP contribution in [0.5, 0.6) is 0 Å². The summed E-state index contributed by atoms with van der Waals surface area (Å²) in [4.78, 5) is 31.1. The molecule has 0 aliphatic carbocycles. The van der Waals surface area contributed by atoms with Crippen LogP contribution in [0.15, 0.2) is 54.9 Å². The van der Waals surface area contributed by atoms with Crippen LogP contribution in [-0.4, -0.2) is 35.4 Å². The summed E-state index contributed by atoms with van der Waals surface area (Å²) in [6, 6.07) is 10.5. The SMILES string of the molecule is CN(c1ccc([N+](=O)[O-])c2cnccc12)C1CCN(c2ccccc2F)C1=O. The van der Waals surface area contributed by atoms with Crippen LogP contribution >= 0.6 is 0 Å². The van der Waals surface area contributed by atoms with Gasteiger partial charge in [0.1, 0.15) is 11.9 Å². The number of amides is 1. The summed E-state index contributed by atoms with van der Waals surface area (Å²) in [5.41, 5.74) is 0.920. The average Bonchev–Trinajstić information content (AvgIpc) is 3.08. The third-order valence-electron chi connectivity index (χ3n) is 5.14. The first kappa shape index (κ1) is 17.8. The van der Waals surface area contributed by atoms with Gasteiger partial charge in [0.2, 0.25) is 5.91 Å². The van der Waals surface area contributed by atoms with E-state index in [0.29, 0.717) is 29.4 Å². The molecule has 0 spiro atoms. The monoisotopic (exact) mass is 380 g/mol. The number of halogens is 1. The minimum Gasteiger partial charge on any atom is -0.362 e. The second kappa shape index (κ2) is 6.88. The number of hydrogen-bond acceptors (Lipinski definition) is 5. The zero-order valence-electron chi connectivity index (χ0n) is 15.1. The number of aromatic nitrogens is 1. The maximum Gasteiger partial charge on any atom is 0.278 e. The Morgan fingerprint density at radius 2 is 2.00 bits per heavy atom. The van der Waals surface area contributed by atoms with E-state index in [1.54, 1.807) is 48.5 Å². The van der Waals surface area contributed by atoms with Crippen molar-refractivity contribution < 1.29 is 14.1 Å². The Balaban J connectivity index is 1.70. The molecule has 1 atom stereocenters. The van der Waals surface area contributed by atoms with Crippen molar-refractivity contribution in [1.29, 1.82) is 0 Å². The Morgan fingerprint density at radius 1 is 1.21 bits per heavy atom. The molecule has 0 N–H and O–H groups in total. The highest BCUT2D eigenvalue weighted by Crippen LogP contribution is 2.35. The molecule has 4 rings (SSSR count). The van der Waals surface area contributed by atoms with E-state index in [-0.39, 0.29) is 17.3 Å². The van der Waals surface area contributed by atoms with Gasteiger partial charge in [0.25, 0.3) is 5.69 Å². The number of rotatable bonds is 4. The molecule has 1 aliphatic rings. The number of likely N-dealkylation sites (N-methyl/N-ethyl adjacent to an activating group) is 1. The molecule has 0 radical (unpaired) electrons. The van der Waals surface area contributed by atoms with Crippen LogP contribution in [0.1, 0.15) is 6.42 Å². The van der Waals surface area contributed by atoms with E-state index < -0.39 is 16.8 Å².